The Morgan fingerprint density at radius 3 is 2.80 bits per heavy atom. The molecular formula is C31H37ClN2O6S. The van der Waals surface area contributed by atoms with Crippen molar-refractivity contribution in [1.29, 1.82) is 0 Å². The third kappa shape index (κ3) is 5.49. The van der Waals surface area contributed by atoms with E-state index in [0.717, 1.165) is 49.4 Å². The quantitative estimate of drug-likeness (QED) is 0.477. The van der Waals surface area contributed by atoms with Crippen LogP contribution in [0.2, 0.25) is 5.02 Å². The van der Waals surface area contributed by atoms with Gasteiger partial charge in [-0.15, -0.1) is 0 Å². The van der Waals surface area contributed by atoms with Gasteiger partial charge < -0.3 is 19.1 Å². The van der Waals surface area contributed by atoms with E-state index in [9.17, 15) is 13.2 Å². The number of carbonyl (C=O) groups is 1. The van der Waals surface area contributed by atoms with Gasteiger partial charge in [-0.25, -0.2) is 13.1 Å². The Balaban J connectivity index is 1.44. The van der Waals surface area contributed by atoms with Crippen molar-refractivity contribution in [3.05, 3.63) is 64.7 Å². The number of halogens is 1. The maximum absolute atomic E-state index is 13.3. The highest BCUT2D eigenvalue weighted by Crippen LogP contribution is 2.47. The first-order chi connectivity index (χ1) is 19.7. The minimum atomic E-state index is -4.13. The highest BCUT2D eigenvalue weighted by atomic mass is 35.5. The molecule has 0 aromatic heterocycles. The molecule has 1 spiro atoms. The number of methoxy groups -OCH3 is 1. The fraction of sp³-hybridized carbons (Fsp3) is 0.516. The summed E-state index contributed by atoms with van der Waals surface area (Å²) in [6, 6.07) is 11.0. The van der Waals surface area contributed by atoms with Gasteiger partial charge >= 0.3 is 0 Å². The van der Waals surface area contributed by atoms with E-state index >= 15 is 0 Å². The Hall–Kier alpha value is -2.59. The molecule has 1 N–H and O–H groups in total. The van der Waals surface area contributed by atoms with Crippen LogP contribution in [-0.4, -0.2) is 59.9 Å². The van der Waals surface area contributed by atoms with Crippen LogP contribution in [0.3, 0.4) is 0 Å². The molecule has 0 saturated heterocycles. The van der Waals surface area contributed by atoms with Gasteiger partial charge in [0.25, 0.3) is 15.9 Å². The van der Waals surface area contributed by atoms with E-state index in [1.165, 1.54) is 17.2 Å². The number of nitrogens with one attached hydrogen (secondary N) is 1. The van der Waals surface area contributed by atoms with Gasteiger partial charge in [0.2, 0.25) is 0 Å². The molecule has 2 aliphatic heterocycles. The lowest BCUT2D eigenvalue weighted by Gasteiger charge is -2.46. The fourth-order valence-corrected chi connectivity index (χ4v) is 8.19. The van der Waals surface area contributed by atoms with Gasteiger partial charge in [0.1, 0.15) is 11.9 Å². The van der Waals surface area contributed by atoms with Crippen LogP contribution >= 0.6 is 11.6 Å². The van der Waals surface area contributed by atoms with E-state index in [1.54, 1.807) is 26.2 Å². The van der Waals surface area contributed by atoms with E-state index in [4.69, 9.17) is 25.8 Å². The lowest BCUT2D eigenvalue weighted by Crippen LogP contribution is -2.49. The summed E-state index contributed by atoms with van der Waals surface area (Å²) in [5.41, 5.74) is 2.97. The van der Waals surface area contributed by atoms with Crippen molar-refractivity contribution in [2.75, 3.05) is 38.3 Å². The minimum Gasteiger partial charge on any atom is -0.490 e. The average Bonchev–Trinajstić information content (AvgIpc) is 3.08. The summed E-state index contributed by atoms with van der Waals surface area (Å²) < 4.78 is 46.9. The number of benzene rings is 2. The summed E-state index contributed by atoms with van der Waals surface area (Å²) in [5.74, 6) is 0.601. The molecule has 2 aromatic carbocycles. The molecule has 1 fully saturated rings. The second-order valence-corrected chi connectivity index (χ2v) is 13.9. The molecule has 2 aromatic rings. The standard InChI is InChI=1S/C31H37ClN2O6S/c1-20-30(35)33-41(36,37)24-9-12-29-27(16-24)34(17-22-7-10-25(22)28(38-2)6-4-14-39-20)18-31(19-40-29)13-3-5-21-15-23(32)8-11-26(21)31/h4,6,8-9,11-12,15-16,20,22,25,28H,3,5,7,10,13-14,17-19H2,1-2H3,(H,33,35)/b6-4-/t20-,22+,25-,28-,31+/m1/s1. The number of carbonyl (C=O) groups excluding carboxylic acids is 1. The van der Waals surface area contributed by atoms with Crippen LogP contribution < -0.4 is 14.4 Å². The second-order valence-electron chi connectivity index (χ2n) is 11.8. The molecule has 2 aliphatic carbocycles. The predicted octanol–water partition coefficient (Wildman–Crippen LogP) is 4.63. The number of hydrogen-bond acceptors (Lipinski definition) is 7. The third-order valence-corrected chi connectivity index (χ3v) is 10.9. The molecule has 0 unspecified atom stereocenters. The summed E-state index contributed by atoms with van der Waals surface area (Å²) in [4.78, 5) is 15.1. The summed E-state index contributed by atoms with van der Waals surface area (Å²) in [5, 5.41) is 0.733. The van der Waals surface area contributed by atoms with Gasteiger partial charge in [-0.1, -0.05) is 29.8 Å². The number of nitrogens with zero attached hydrogens (tertiary/aromatic N) is 1. The monoisotopic (exact) mass is 600 g/mol. The molecular weight excluding hydrogens is 564 g/mol. The van der Waals surface area contributed by atoms with E-state index in [0.29, 0.717) is 30.7 Å². The molecule has 1 saturated carbocycles. The van der Waals surface area contributed by atoms with E-state index in [-0.39, 0.29) is 23.0 Å². The van der Waals surface area contributed by atoms with Crippen LogP contribution in [0.25, 0.3) is 0 Å². The first-order valence-electron chi connectivity index (χ1n) is 14.4. The third-order valence-electron chi connectivity index (χ3n) is 9.32. The van der Waals surface area contributed by atoms with Crippen molar-refractivity contribution in [2.24, 2.45) is 11.8 Å². The zero-order valence-electron chi connectivity index (χ0n) is 23.5. The topological polar surface area (TPSA) is 94.2 Å². The maximum atomic E-state index is 13.3. The molecule has 1 amide bonds. The average molecular weight is 601 g/mol. The Labute approximate surface area is 247 Å². The van der Waals surface area contributed by atoms with Crippen LogP contribution in [0.1, 0.15) is 43.7 Å². The van der Waals surface area contributed by atoms with Gasteiger partial charge in [0.15, 0.2) is 0 Å². The molecule has 8 nitrogen and oxygen atoms in total. The molecule has 4 aliphatic rings. The van der Waals surface area contributed by atoms with Crippen LogP contribution in [0, 0.1) is 11.8 Å². The Morgan fingerprint density at radius 1 is 1.17 bits per heavy atom. The van der Waals surface area contributed by atoms with Crippen LogP contribution in [0.15, 0.2) is 53.4 Å². The minimum absolute atomic E-state index is 0.0177. The number of amides is 1. The number of rotatable bonds is 1. The van der Waals surface area contributed by atoms with Crippen molar-refractivity contribution in [1.82, 2.24) is 4.72 Å². The molecule has 0 radical (unpaired) electrons. The van der Waals surface area contributed by atoms with Gasteiger partial charge in [-0.2, -0.15) is 0 Å². The smallest absolute Gasteiger partial charge is 0.264 e. The van der Waals surface area contributed by atoms with Crippen LogP contribution in [-0.2, 0) is 36.1 Å². The Morgan fingerprint density at radius 2 is 2.02 bits per heavy atom. The lowest BCUT2D eigenvalue weighted by molar-refractivity contribution is -0.129. The van der Waals surface area contributed by atoms with Crippen LogP contribution in [0.5, 0.6) is 5.75 Å². The summed E-state index contributed by atoms with van der Waals surface area (Å²) >= 11 is 6.38. The molecule has 41 heavy (non-hydrogen) atoms. The molecule has 10 heteroatoms. The van der Waals surface area contributed by atoms with Crippen molar-refractivity contribution < 1.29 is 27.4 Å². The summed E-state index contributed by atoms with van der Waals surface area (Å²) in [7, 11) is -2.40. The largest absolute Gasteiger partial charge is 0.490 e. The van der Waals surface area contributed by atoms with E-state index < -0.39 is 22.0 Å². The molecule has 2 heterocycles. The fourth-order valence-electron chi connectivity index (χ4n) is 6.93. The number of hydrogen-bond donors (Lipinski definition) is 1. The Bertz CT molecular complexity index is 1460. The number of ether oxygens (including phenoxy) is 3. The highest BCUT2D eigenvalue weighted by Gasteiger charge is 2.44. The number of aryl methyl sites for hydroxylation is 1. The van der Waals surface area contributed by atoms with Gasteiger partial charge in [0.05, 0.1) is 29.9 Å². The molecule has 6 rings (SSSR count). The summed E-state index contributed by atoms with van der Waals surface area (Å²) in [6.45, 7) is 3.63. The Kier molecular flexibility index (Phi) is 7.82. The molecule has 5 atom stereocenters. The first-order valence-corrected chi connectivity index (χ1v) is 16.2. The second kappa shape index (κ2) is 11.2. The lowest BCUT2D eigenvalue weighted by atomic mass is 9.68. The zero-order valence-corrected chi connectivity index (χ0v) is 25.0. The van der Waals surface area contributed by atoms with Crippen LogP contribution in [0.4, 0.5) is 5.69 Å². The van der Waals surface area contributed by atoms with Gasteiger partial charge in [0, 0.05) is 30.6 Å². The predicted molar refractivity (Wildman–Crippen MR) is 157 cm³/mol. The first kappa shape index (κ1) is 28.5. The van der Waals surface area contributed by atoms with E-state index in [1.807, 2.05) is 18.2 Å². The summed E-state index contributed by atoms with van der Waals surface area (Å²) in [6.07, 6.45) is 7.91. The van der Waals surface area contributed by atoms with Crippen molar-refractivity contribution in [3.63, 3.8) is 0 Å². The SMILES string of the molecule is CO[C@@H]1/C=C\CO[C@H](C)C(=O)NS(=O)(=O)c2ccc3c(c2)N(C[C@@H]2CC[C@H]21)C[C@@]1(CCCc2cc(Cl)ccc21)CO3. The van der Waals surface area contributed by atoms with Gasteiger partial charge in [-0.05, 0) is 92.3 Å². The van der Waals surface area contributed by atoms with Crippen molar-refractivity contribution >= 4 is 33.2 Å². The number of fused-ring (bicyclic) bond motifs is 4. The normalized spacial score (nSPS) is 32.0. The molecule has 220 valence electrons. The highest BCUT2D eigenvalue weighted by molar-refractivity contribution is 7.90. The zero-order chi connectivity index (χ0) is 28.8. The number of anilines is 1. The maximum Gasteiger partial charge on any atom is 0.264 e. The van der Waals surface area contributed by atoms with E-state index in [2.05, 4.69) is 21.8 Å². The van der Waals surface area contributed by atoms with Crippen molar-refractivity contribution in [2.45, 2.75) is 61.5 Å². The number of sulfonamides is 1. The molecule has 2 bridgehead atoms. The van der Waals surface area contributed by atoms with Gasteiger partial charge in [-0.3, -0.25) is 4.79 Å². The van der Waals surface area contributed by atoms with Crippen molar-refractivity contribution in [3.8, 4) is 5.75 Å².